The lowest BCUT2D eigenvalue weighted by Crippen LogP contribution is -2.53. The van der Waals surface area contributed by atoms with Gasteiger partial charge in [0.15, 0.2) is 0 Å². The minimum absolute atomic E-state index is 0.438. The highest BCUT2D eigenvalue weighted by Gasteiger charge is 2.39. The zero-order valence-electron chi connectivity index (χ0n) is 15.4. The van der Waals surface area contributed by atoms with Gasteiger partial charge in [-0.15, -0.1) is 0 Å². The first-order valence-electron chi connectivity index (χ1n) is 9.44. The van der Waals surface area contributed by atoms with E-state index in [-0.39, 0.29) is 0 Å². The topological polar surface area (TPSA) is 76.8 Å². The van der Waals surface area contributed by atoms with E-state index in [1.165, 1.54) is 4.90 Å². The van der Waals surface area contributed by atoms with Crippen molar-refractivity contribution in [3.8, 4) is 11.8 Å². The normalized spacial score (nSPS) is 26.9. The molecule has 0 aromatic heterocycles. The van der Waals surface area contributed by atoms with Gasteiger partial charge < -0.3 is 14.7 Å². The summed E-state index contributed by atoms with van der Waals surface area (Å²) in [6, 6.07) is 11.0. The molecule has 0 radical (unpaired) electrons. The number of rotatable bonds is 4. The van der Waals surface area contributed by atoms with E-state index in [4.69, 9.17) is 9.84 Å². The van der Waals surface area contributed by atoms with Crippen LogP contribution in [-0.4, -0.2) is 59.8 Å². The van der Waals surface area contributed by atoms with Crippen LogP contribution in [0.5, 0.6) is 5.75 Å². The molecule has 1 aliphatic carbocycles. The van der Waals surface area contributed by atoms with Crippen LogP contribution >= 0.6 is 0 Å². The van der Waals surface area contributed by atoms with E-state index < -0.39 is 11.5 Å². The SMILES string of the molecule is CCOc1cccc([C@]2(C#N)CC[C@H](N3CCN(C(=O)O)CC3)CC2)c1. The Kier molecular flexibility index (Phi) is 5.67. The molecule has 2 fully saturated rings. The van der Waals surface area contributed by atoms with Crippen molar-refractivity contribution in [2.24, 2.45) is 0 Å². The molecule has 26 heavy (non-hydrogen) atoms. The van der Waals surface area contributed by atoms with Gasteiger partial charge in [0.25, 0.3) is 0 Å². The van der Waals surface area contributed by atoms with Gasteiger partial charge in [0, 0.05) is 32.2 Å². The van der Waals surface area contributed by atoms with Gasteiger partial charge in [0.05, 0.1) is 18.1 Å². The highest BCUT2D eigenvalue weighted by molar-refractivity contribution is 5.65. The van der Waals surface area contributed by atoms with Gasteiger partial charge >= 0.3 is 6.09 Å². The zero-order valence-corrected chi connectivity index (χ0v) is 15.4. The van der Waals surface area contributed by atoms with Gasteiger partial charge in [-0.05, 0) is 50.3 Å². The summed E-state index contributed by atoms with van der Waals surface area (Å²) in [6.45, 7) is 5.30. The fraction of sp³-hybridized carbons (Fsp3) is 0.600. The summed E-state index contributed by atoms with van der Waals surface area (Å²) >= 11 is 0. The molecule has 140 valence electrons. The van der Waals surface area contributed by atoms with Gasteiger partial charge in [-0.25, -0.2) is 4.79 Å². The fourth-order valence-corrected chi connectivity index (χ4v) is 4.25. The van der Waals surface area contributed by atoms with Gasteiger partial charge in [-0.2, -0.15) is 5.26 Å². The van der Waals surface area contributed by atoms with Gasteiger partial charge in [0.2, 0.25) is 0 Å². The third-order valence-electron chi connectivity index (χ3n) is 5.82. The van der Waals surface area contributed by atoms with Gasteiger partial charge in [-0.3, -0.25) is 4.90 Å². The summed E-state index contributed by atoms with van der Waals surface area (Å²) in [7, 11) is 0. The van der Waals surface area contributed by atoms with E-state index in [0.29, 0.717) is 25.7 Å². The standard InChI is InChI=1S/C20H27N3O3/c1-2-26-18-5-3-4-16(14-18)20(15-21)8-6-17(7-9-20)22-10-12-23(13-11-22)19(24)25/h3-5,14,17H,2,6-13H2,1H3,(H,24,25)/t17-,20+. The summed E-state index contributed by atoms with van der Waals surface area (Å²) in [5.41, 5.74) is 0.618. The molecule has 1 heterocycles. The van der Waals surface area contributed by atoms with E-state index in [0.717, 1.165) is 50.1 Å². The van der Waals surface area contributed by atoms with E-state index in [9.17, 15) is 10.1 Å². The molecule has 0 unspecified atom stereocenters. The Balaban J connectivity index is 1.63. The van der Waals surface area contributed by atoms with Crippen LogP contribution in [-0.2, 0) is 5.41 Å². The molecule has 0 atom stereocenters. The number of carboxylic acid groups (broad SMARTS) is 1. The first-order chi connectivity index (χ1) is 12.6. The first kappa shape index (κ1) is 18.5. The van der Waals surface area contributed by atoms with Crippen LogP contribution in [0.3, 0.4) is 0 Å². The highest BCUT2D eigenvalue weighted by atomic mass is 16.5. The monoisotopic (exact) mass is 357 g/mol. The molecular formula is C20H27N3O3. The number of hydrogen-bond donors (Lipinski definition) is 1. The van der Waals surface area contributed by atoms with Crippen LogP contribution in [0.15, 0.2) is 24.3 Å². The van der Waals surface area contributed by atoms with Crippen LogP contribution in [0.2, 0.25) is 0 Å². The second kappa shape index (κ2) is 7.96. The third-order valence-corrected chi connectivity index (χ3v) is 5.82. The summed E-state index contributed by atoms with van der Waals surface area (Å²) in [4.78, 5) is 14.9. The first-order valence-corrected chi connectivity index (χ1v) is 9.44. The minimum atomic E-state index is -0.828. The molecule has 1 aliphatic heterocycles. The second-order valence-electron chi connectivity index (χ2n) is 7.19. The molecule has 1 aromatic carbocycles. The quantitative estimate of drug-likeness (QED) is 0.896. The lowest BCUT2D eigenvalue weighted by Gasteiger charge is -2.43. The van der Waals surface area contributed by atoms with Crippen molar-refractivity contribution < 1.29 is 14.6 Å². The van der Waals surface area contributed by atoms with Crippen molar-refractivity contribution in [1.29, 1.82) is 5.26 Å². The molecule has 1 amide bonds. The molecular weight excluding hydrogens is 330 g/mol. The number of benzene rings is 1. The Labute approximate surface area is 155 Å². The lowest BCUT2D eigenvalue weighted by atomic mass is 9.69. The number of carbonyl (C=O) groups is 1. The van der Waals surface area contributed by atoms with Crippen molar-refractivity contribution >= 4 is 6.09 Å². The molecule has 1 N–H and O–H groups in total. The smallest absolute Gasteiger partial charge is 0.407 e. The average Bonchev–Trinajstić information content (AvgIpc) is 2.68. The number of piperazine rings is 1. The van der Waals surface area contributed by atoms with E-state index >= 15 is 0 Å². The summed E-state index contributed by atoms with van der Waals surface area (Å²) in [5, 5.41) is 19.0. The number of hydrogen-bond acceptors (Lipinski definition) is 4. The molecule has 1 saturated carbocycles. The van der Waals surface area contributed by atoms with Gasteiger partial charge in [-0.1, -0.05) is 12.1 Å². The Bertz CT molecular complexity index is 669. The van der Waals surface area contributed by atoms with E-state index in [1.54, 1.807) is 0 Å². The second-order valence-corrected chi connectivity index (χ2v) is 7.19. The van der Waals surface area contributed by atoms with Crippen LogP contribution in [0.25, 0.3) is 0 Å². The predicted octanol–water partition coefficient (Wildman–Crippen LogP) is 3.08. The number of nitriles is 1. The van der Waals surface area contributed by atoms with Crippen molar-refractivity contribution in [2.75, 3.05) is 32.8 Å². The summed E-state index contributed by atoms with van der Waals surface area (Å²) in [5.74, 6) is 0.826. The predicted molar refractivity (Wildman–Crippen MR) is 98.3 cm³/mol. The van der Waals surface area contributed by atoms with Crippen LogP contribution in [0.1, 0.15) is 38.2 Å². The average molecular weight is 357 g/mol. The van der Waals surface area contributed by atoms with Gasteiger partial charge in [0.1, 0.15) is 5.75 Å². The largest absolute Gasteiger partial charge is 0.494 e. The van der Waals surface area contributed by atoms with Crippen LogP contribution in [0.4, 0.5) is 4.79 Å². The van der Waals surface area contributed by atoms with Crippen molar-refractivity contribution in [2.45, 2.75) is 44.1 Å². The number of nitrogens with zero attached hydrogens (tertiary/aromatic N) is 3. The number of ether oxygens (including phenoxy) is 1. The third kappa shape index (κ3) is 3.78. The maximum Gasteiger partial charge on any atom is 0.407 e. The molecule has 6 heteroatoms. The zero-order chi connectivity index (χ0) is 18.6. The Morgan fingerprint density at radius 3 is 2.58 bits per heavy atom. The van der Waals surface area contributed by atoms with Crippen molar-refractivity contribution in [3.05, 3.63) is 29.8 Å². The Hall–Kier alpha value is -2.26. The molecule has 2 aliphatic rings. The van der Waals surface area contributed by atoms with E-state index in [2.05, 4.69) is 11.0 Å². The number of amides is 1. The molecule has 3 rings (SSSR count). The lowest BCUT2D eigenvalue weighted by molar-refractivity contribution is 0.0672. The Morgan fingerprint density at radius 1 is 1.31 bits per heavy atom. The fourth-order valence-electron chi connectivity index (χ4n) is 4.25. The van der Waals surface area contributed by atoms with E-state index in [1.807, 2.05) is 31.2 Å². The van der Waals surface area contributed by atoms with Crippen LogP contribution < -0.4 is 4.74 Å². The summed E-state index contributed by atoms with van der Waals surface area (Å²) in [6.07, 6.45) is 2.79. The Morgan fingerprint density at radius 2 is 2.00 bits per heavy atom. The van der Waals surface area contributed by atoms with Crippen LogP contribution in [0, 0.1) is 11.3 Å². The minimum Gasteiger partial charge on any atom is -0.494 e. The molecule has 0 bridgehead atoms. The highest BCUT2D eigenvalue weighted by Crippen LogP contribution is 2.41. The molecule has 1 aromatic rings. The maximum atomic E-state index is 11.1. The van der Waals surface area contributed by atoms with Crippen molar-refractivity contribution in [1.82, 2.24) is 9.80 Å². The molecule has 0 spiro atoms. The molecule has 6 nitrogen and oxygen atoms in total. The van der Waals surface area contributed by atoms with Crippen molar-refractivity contribution in [3.63, 3.8) is 0 Å². The maximum absolute atomic E-state index is 11.1. The summed E-state index contributed by atoms with van der Waals surface area (Å²) < 4.78 is 5.60. The molecule has 1 saturated heterocycles.